The van der Waals surface area contributed by atoms with Crippen LogP contribution in [0.4, 0.5) is 0 Å². The van der Waals surface area contributed by atoms with Crippen molar-refractivity contribution >= 4 is 15.9 Å². The van der Waals surface area contributed by atoms with Gasteiger partial charge < -0.3 is 10.1 Å². The van der Waals surface area contributed by atoms with Crippen LogP contribution in [0, 0.1) is 5.92 Å². The molecule has 4 heteroatoms. The number of nitrogens with one attached hydrogen (secondary N) is 1. The van der Waals surface area contributed by atoms with E-state index in [-0.39, 0.29) is 0 Å². The number of hydrogen-bond acceptors (Lipinski definition) is 3. The molecule has 3 nitrogen and oxygen atoms in total. The Morgan fingerprint density at radius 2 is 1.75 bits per heavy atom. The van der Waals surface area contributed by atoms with E-state index in [0.29, 0.717) is 6.04 Å². The average Bonchev–Trinajstić information content (AvgIpc) is 2.52. The Bertz CT molecular complexity index is 393. The van der Waals surface area contributed by atoms with Crippen molar-refractivity contribution in [1.82, 2.24) is 10.2 Å². The lowest BCUT2D eigenvalue weighted by Crippen LogP contribution is -2.47. The van der Waals surface area contributed by atoms with E-state index in [1.165, 1.54) is 18.4 Å². The van der Waals surface area contributed by atoms with Crippen molar-refractivity contribution in [2.75, 3.05) is 39.4 Å². The second kappa shape index (κ2) is 7.03. The first kappa shape index (κ1) is 14.5. The highest BCUT2D eigenvalue weighted by atomic mass is 79.9. The predicted octanol–water partition coefficient (Wildman–Crippen LogP) is 2.82. The zero-order valence-electron chi connectivity index (χ0n) is 11.9. The quantitative estimate of drug-likeness (QED) is 0.917. The van der Waals surface area contributed by atoms with E-state index in [9.17, 15) is 0 Å². The Labute approximate surface area is 129 Å². The highest BCUT2D eigenvalue weighted by molar-refractivity contribution is 9.10. The molecule has 1 aromatic rings. The van der Waals surface area contributed by atoms with E-state index in [1.54, 1.807) is 0 Å². The van der Waals surface area contributed by atoms with Gasteiger partial charge in [-0.15, -0.1) is 0 Å². The standard InChI is InChI=1S/C16H23BrN2O/c17-15-3-1-13(2-4-15)16(14-5-11-20-12-6-14)19-9-7-18-8-10-19/h1-4,14,16,18H,5-12H2/t16-/m1/s1. The highest BCUT2D eigenvalue weighted by Gasteiger charge is 2.31. The van der Waals surface area contributed by atoms with E-state index >= 15 is 0 Å². The fourth-order valence-corrected chi connectivity index (χ4v) is 3.70. The summed E-state index contributed by atoms with van der Waals surface area (Å²) in [5.41, 5.74) is 1.46. The molecule has 0 bridgehead atoms. The van der Waals surface area contributed by atoms with Gasteiger partial charge in [-0.1, -0.05) is 28.1 Å². The molecule has 0 aromatic heterocycles. The van der Waals surface area contributed by atoms with Crippen LogP contribution in [-0.2, 0) is 4.74 Å². The van der Waals surface area contributed by atoms with Crippen molar-refractivity contribution in [2.45, 2.75) is 18.9 Å². The van der Waals surface area contributed by atoms with Crippen molar-refractivity contribution in [3.63, 3.8) is 0 Å². The molecule has 1 atom stereocenters. The van der Waals surface area contributed by atoms with Crippen molar-refractivity contribution in [3.8, 4) is 0 Å². The summed E-state index contributed by atoms with van der Waals surface area (Å²) in [6.45, 7) is 6.36. The van der Waals surface area contributed by atoms with Gasteiger partial charge in [0.1, 0.15) is 0 Å². The molecular weight excluding hydrogens is 316 g/mol. The van der Waals surface area contributed by atoms with Gasteiger partial charge in [-0.05, 0) is 36.5 Å². The zero-order chi connectivity index (χ0) is 13.8. The number of nitrogens with zero attached hydrogens (tertiary/aromatic N) is 1. The molecule has 0 aliphatic carbocycles. The number of benzene rings is 1. The number of piperazine rings is 1. The van der Waals surface area contributed by atoms with Crippen LogP contribution in [0.1, 0.15) is 24.4 Å². The molecule has 3 rings (SSSR count). The maximum Gasteiger partial charge on any atom is 0.0469 e. The van der Waals surface area contributed by atoms with E-state index in [2.05, 4.69) is 50.4 Å². The zero-order valence-corrected chi connectivity index (χ0v) is 13.4. The fraction of sp³-hybridized carbons (Fsp3) is 0.625. The predicted molar refractivity (Wildman–Crippen MR) is 84.9 cm³/mol. The molecule has 0 amide bonds. The van der Waals surface area contributed by atoms with Gasteiger partial charge in [0.15, 0.2) is 0 Å². The van der Waals surface area contributed by atoms with Gasteiger partial charge >= 0.3 is 0 Å². The van der Waals surface area contributed by atoms with Crippen LogP contribution in [0.2, 0.25) is 0 Å². The Morgan fingerprint density at radius 3 is 2.40 bits per heavy atom. The molecular formula is C16H23BrN2O. The Morgan fingerprint density at radius 1 is 1.10 bits per heavy atom. The molecule has 2 fully saturated rings. The third kappa shape index (κ3) is 3.42. The monoisotopic (exact) mass is 338 g/mol. The highest BCUT2D eigenvalue weighted by Crippen LogP contribution is 2.35. The summed E-state index contributed by atoms with van der Waals surface area (Å²) in [5.74, 6) is 0.725. The summed E-state index contributed by atoms with van der Waals surface area (Å²) >= 11 is 3.54. The van der Waals surface area contributed by atoms with E-state index in [0.717, 1.165) is 49.8 Å². The molecule has 1 aromatic carbocycles. The van der Waals surface area contributed by atoms with Crippen LogP contribution in [0.25, 0.3) is 0 Å². The summed E-state index contributed by atoms with van der Waals surface area (Å²) in [7, 11) is 0. The minimum Gasteiger partial charge on any atom is -0.381 e. The molecule has 2 aliphatic heterocycles. The van der Waals surface area contributed by atoms with Gasteiger partial charge in [0, 0.05) is 49.9 Å². The average molecular weight is 339 g/mol. The van der Waals surface area contributed by atoms with E-state index in [4.69, 9.17) is 4.74 Å². The van der Waals surface area contributed by atoms with Gasteiger partial charge in [-0.2, -0.15) is 0 Å². The van der Waals surface area contributed by atoms with Gasteiger partial charge in [0.05, 0.1) is 0 Å². The number of rotatable bonds is 3. The topological polar surface area (TPSA) is 24.5 Å². The summed E-state index contributed by atoms with van der Waals surface area (Å²) in [5, 5.41) is 3.46. The molecule has 20 heavy (non-hydrogen) atoms. The van der Waals surface area contributed by atoms with Crippen molar-refractivity contribution < 1.29 is 4.74 Å². The minimum atomic E-state index is 0.550. The van der Waals surface area contributed by atoms with Gasteiger partial charge in [-0.25, -0.2) is 0 Å². The third-order valence-electron chi connectivity index (χ3n) is 4.47. The largest absolute Gasteiger partial charge is 0.381 e. The molecule has 2 aliphatic rings. The van der Waals surface area contributed by atoms with Crippen LogP contribution in [-0.4, -0.2) is 44.3 Å². The Kier molecular flexibility index (Phi) is 5.10. The fourth-order valence-electron chi connectivity index (χ4n) is 3.43. The first-order valence-electron chi connectivity index (χ1n) is 7.62. The maximum absolute atomic E-state index is 5.55. The minimum absolute atomic E-state index is 0.550. The van der Waals surface area contributed by atoms with Crippen molar-refractivity contribution in [2.24, 2.45) is 5.92 Å². The Hall–Kier alpha value is -0.420. The van der Waals surface area contributed by atoms with Gasteiger partial charge in [0.2, 0.25) is 0 Å². The lowest BCUT2D eigenvalue weighted by molar-refractivity contribution is 0.0213. The number of hydrogen-bond donors (Lipinski definition) is 1. The van der Waals surface area contributed by atoms with Gasteiger partial charge in [-0.3, -0.25) is 4.90 Å². The molecule has 2 saturated heterocycles. The van der Waals surface area contributed by atoms with E-state index < -0.39 is 0 Å². The van der Waals surface area contributed by atoms with Crippen LogP contribution in [0.3, 0.4) is 0 Å². The van der Waals surface area contributed by atoms with Crippen LogP contribution in [0.5, 0.6) is 0 Å². The lowest BCUT2D eigenvalue weighted by Gasteiger charge is -2.41. The second-order valence-corrected chi connectivity index (χ2v) is 6.65. The van der Waals surface area contributed by atoms with Gasteiger partial charge in [0.25, 0.3) is 0 Å². The number of halogens is 1. The molecule has 0 radical (unpaired) electrons. The second-order valence-electron chi connectivity index (χ2n) is 5.73. The van der Waals surface area contributed by atoms with Crippen molar-refractivity contribution in [1.29, 1.82) is 0 Å². The SMILES string of the molecule is Brc1ccc([C@H](C2CCOCC2)N2CCNCC2)cc1. The van der Waals surface area contributed by atoms with Crippen LogP contribution < -0.4 is 5.32 Å². The van der Waals surface area contributed by atoms with Crippen LogP contribution >= 0.6 is 15.9 Å². The molecule has 110 valence electrons. The van der Waals surface area contributed by atoms with Crippen LogP contribution in [0.15, 0.2) is 28.7 Å². The summed E-state index contributed by atoms with van der Waals surface area (Å²) < 4.78 is 6.71. The lowest BCUT2D eigenvalue weighted by atomic mass is 9.85. The Balaban J connectivity index is 1.83. The summed E-state index contributed by atoms with van der Waals surface area (Å²) in [4.78, 5) is 2.66. The maximum atomic E-state index is 5.55. The third-order valence-corrected chi connectivity index (χ3v) is 5.00. The normalized spacial score (nSPS) is 23.6. The smallest absolute Gasteiger partial charge is 0.0469 e. The number of ether oxygens (including phenoxy) is 1. The molecule has 0 saturated carbocycles. The molecule has 0 unspecified atom stereocenters. The molecule has 1 N–H and O–H groups in total. The first-order chi connectivity index (χ1) is 9.84. The van der Waals surface area contributed by atoms with E-state index in [1.807, 2.05) is 0 Å². The first-order valence-corrected chi connectivity index (χ1v) is 8.42. The summed E-state index contributed by atoms with van der Waals surface area (Å²) in [6, 6.07) is 9.46. The molecule has 2 heterocycles. The molecule has 0 spiro atoms. The summed E-state index contributed by atoms with van der Waals surface area (Å²) in [6.07, 6.45) is 2.37. The van der Waals surface area contributed by atoms with Crippen molar-refractivity contribution in [3.05, 3.63) is 34.3 Å².